The van der Waals surface area contributed by atoms with Gasteiger partial charge in [0.15, 0.2) is 6.61 Å². The molecule has 0 spiro atoms. The van der Waals surface area contributed by atoms with Gasteiger partial charge in [-0.25, -0.2) is 13.8 Å². The van der Waals surface area contributed by atoms with E-state index in [2.05, 4.69) is 10.3 Å². The third kappa shape index (κ3) is 4.52. The summed E-state index contributed by atoms with van der Waals surface area (Å²) in [5, 5.41) is 2.68. The fourth-order valence-electron chi connectivity index (χ4n) is 3.42. The first-order chi connectivity index (χ1) is 13.6. The Morgan fingerprint density at radius 2 is 2.07 bits per heavy atom. The zero-order valence-electron chi connectivity index (χ0n) is 16.8. The summed E-state index contributed by atoms with van der Waals surface area (Å²) >= 11 is 0. The summed E-state index contributed by atoms with van der Waals surface area (Å²) in [5.74, 6) is -2.54. The van der Waals surface area contributed by atoms with Gasteiger partial charge in [0, 0.05) is 32.2 Å². The van der Waals surface area contributed by atoms with Crippen LogP contribution in [0.5, 0.6) is 5.75 Å². The molecule has 2 heterocycles. The van der Waals surface area contributed by atoms with Gasteiger partial charge in [0.1, 0.15) is 11.6 Å². The van der Waals surface area contributed by atoms with E-state index in [0.717, 1.165) is 12.5 Å². The molecule has 1 aromatic carbocycles. The number of halogens is 2. The SMILES string of the molecule is CC(=O)Nc1nccc2c1C(C)N(Cc1ccc(OCC(C)(F)F)c(C)c1)C2=O. The lowest BCUT2D eigenvalue weighted by Gasteiger charge is -2.23. The van der Waals surface area contributed by atoms with Crippen LogP contribution >= 0.6 is 0 Å². The number of ether oxygens (including phenoxy) is 1. The Balaban J connectivity index is 1.79. The number of hydrogen-bond acceptors (Lipinski definition) is 4. The number of benzene rings is 1. The molecule has 0 fully saturated rings. The van der Waals surface area contributed by atoms with Gasteiger partial charge in [-0.15, -0.1) is 0 Å². The standard InChI is InChI=1S/C21H23F2N3O3/c1-12-9-15(5-6-17(12)29-11-21(4,22)23)10-26-13(2)18-16(20(26)28)7-8-24-19(18)25-14(3)27/h5-9,13H,10-11H2,1-4H3,(H,24,25,27). The molecule has 3 rings (SSSR count). The lowest BCUT2D eigenvalue weighted by molar-refractivity contribution is -0.114. The third-order valence-corrected chi connectivity index (χ3v) is 4.73. The van der Waals surface area contributed by atoms with Crippen molar-refractivity contribution in [2.45, 2.75) is 46.2 Å². The fourth-order valence-corrected chi connectivity index (χ4v) is 3.42. The van der Waals surface area contributed by atoms with Gasteiger partial charge in [0.05, 0.1) is 11.6 Å². The van der Waals surface area contributed by atoms with Gasteiger partial charge in [0.25, 0.3) is 11.8 Å². The summed E-state index contributed by atoms with van der Waals surface area (Å²) in [6.07, 6.45) is 1.50. The predicted molar refractivity (Wildman–Crippen MR) is 104 cm³/mol. The van der Waals surface area contributed by atoms with Gasteiger partial charge in [0.2, 0.25) is 5.91 Å². The van der Waals surface area contributed by atoms with Crippen molar-refractivity contribution in [3.8, 4) is 5.75 Å². The van der Waals surface area contributed by atoms with E-state index < -0.39 is 12.5 Å². The van der Waals surface area contributed by atoms with Crippen molar-refractivity contribution in [1.82, 2.24) is 9.88 Å². The fraction of sp³-hybridized carbons (Fsp3) is 0.381. The van der Waals surface area contributed by atoms with Crippen LogP contribution in [-0.4, -0.2) is 34.2 Å². The molecule has 29 heavy (non-hydrogen) atoms. The lowest BCUT2D eigenvalue weighted by atomic mass is 10.1. The molecule has 0 bridgehead atoms. The van der Waals surface area contributed by atoms with Gasteiger partial charge in [-0.2, -0.15) is 0 Å². The number of pyridine rings is 1. The summed E-state index contributed by atoms with van der Waals surface area (Å²) in [4.78, 5) is 30.2. The summed E-state index contributed by atoms with van der Waals surface area (Å²) in [6.45, 7) is 5.49. The molecule has 1 aliphatic rings. The van der Waals surface area contributed by atoms with Crippen LogP contribution in [-0.2, 0) is 11.3 Å². The molecule has 2 amide bonds. The first-order valence-corrected chi connectivity index (χ1v) is 9.24. The molecule has 8 heteroatoms. The second-order valence-electron chi connectivity index (χ2n) is 7.37. The smallest absolute Gasteiger partial charge is 0.278 e. The van der Waals surface area contributed by atoms with Crippen LogP contribution in [0.2, 0.25) is 0 Å². The van der Waals surface area contributed by atoms with E-state index in [4.69, 9.17) is 4.74 Å². The Labute approximate surface area is 167 Å². The zero-order valence-corrected chi connectivity index (χ0v) is 16.8. The van der Waals surface area contributed by atoms with Crippen LogP contribution in [0, 0.1) is 6.92 Å². The van der Waals surface area contributed by atoms with E-state index >= 15 is 0 Å². The number of nitrogens with zero attached hydrogens (tertiary/aromatic N) is 2. The molecule has 0 saturated carbocycles. The van der Waals surface area contributed by atoms with Crippen molar-refractivity contribution in [2.24, 2.45) is 0 Å². The van der Waals surface area contributed by atoms with Gasteiger partial charge in [-0.3, -0.25) is 9.59 Å². The zero-order chi connectivity index (χ0) is 21.3. The number of carbonyl (C=O) groups excluding carboxylic acids is 2. The van der Waals surface area contributed by atoms with E-state index in [9.17, 15) is 18.4 Å². The van der Waals surface area contributed by atoms with E-state index in [1.165, 1.54) is 13.1 Å². The highest BCUT2D eigenvalue weighted by Crippen LogP contribution is 2.38. The number of alkyl halides is 2. The molecule has 1 aliphatic heterocycles. The second kappa shape index (κ2) is 7.77. The number of aromatic nitrogens is 1. The minimum absolute atomic E-state index is 0.148. The van der Waals surface area contributed by atoms with E-state index in [0.29, 0.717) is 34.8 Å². The Bertz CT molecular complexity index is 957. The molecular formula is C21H23F2N3O3. The Hall–Kier alpha value is -3.03. The molecule has 1 N–H and O–H groups in total. The monoisotopic (exact) mass is 403 g/mol. The van der Waals surface area contributed by atoms with Gasteiger partial charge < -0.3 is 15.0 Å². The number of rotatable bonds is 6. The van der Waals surface area contributed by atoms with E-state index in [1.807, 2.05) is 13.0 Å². The van der Waals surface area contributed by atoms with Crippen molar-refractivity contribution in [2.75, 3.05) is 11.9 Å². The normalized spacial score (nSPS) is 16.0. The van der Waals surface area contributed by atoms with Gasteiger partial charge in [-0.05, 0) is 37.1 Å². The van der Waals surface area contributed by atoms with Crippen molar-refractivity contribution in [1.29, 1.82) is 0 Å². The number of fused-ring (bicyclic) bond motifs is 1. The summed E-state index contributed by atoms with van der Waals surface area (Å²) in [7, 11) is 0. The average molecular weight is 403 g/mol. The number of amides is 2. The van der Waals surface area contributed by atoms with Crippen molar-refractivity contribution in [3.05, 3.63) is 52.7 Å². The quantitative estimate of drug-likeness (QED) is 0.788. The number of hydrogen-bond donors (Lipinski definition) is 1. The first kappa shape index (κ1) is 20.7. The summed E-state index contributed by atoms with van der Waals surface area (Å²) < 4.78 is 31.2. The Kier molecular flexibility index (Phi) is 5.55. The lowest BCUT2D eigenvalue weighted by Crippen LogP contribution is -2.26. The second-order valence-corrected chi connectivity index (χ2v) is 7.37. The maximum atomic E-state index is 13.0. The maximum absolute atomic E-state index is 13.0. The highest BCUT2D eigenvalue weighted by molar-refractivity contribution is 6.01. The molecule has 1 atom stereocenters. The molecule has 2 aromatic rings. The molecule has 6 nitrogen and oxygen atoms in total. The Morgan fingerprint density at radius 1 is 1.34 bits per heavy atom. The van der Waals surface area contributed by atoms with Crippen LogP contribution in [0.25, 0.3) is 0 Å². The highest BCUT2D eigenvalue weighted by atomic mass is 19.3. The summed E-state index contributed by atoms with van der Waals surface area (Å²) in [6, 6.07) is 6.58. The minimum atomic E-state index is -2.91. The molecule has 1 aromatic heterocycles. The topological polar surface area (TPSA) is 71.5 Å². The average Bonchev–Trinajstić information content (AvgIpc) is 2.85. The van der Waals surface area contributed by atoms with Crippen LogP contribution < -0.4 is 10.1 Å². The first-order valence-electron chi connectivity index (χ1n) is 9.24. The van der Waals surface area contributed by atoms with Crippen LogP contribution in [0.4, 0.5) is 14.6 Å². The summed E-state index contributed by atoms with van der Waals surface area (Å²) in [5.41, 5.74) is 2.76. The molecule has 154 valence electrons. The third-order valence-electron chi connectivity index (χ3n) is 4.73. The number of aryl methyl sites for hydroxylation is 1. The van der Waals surface area contributed by atoms with Crippen LogP contribution in [0.3, 0.4) is 0 Å². The number of carbonyl (C=O) groups is 2. The van der Waals surface area contributed by atoms with Crippen molar-refractivity contribution >= 4 is 17.6 Å². The molecule has 0 saturated heterocycles. The van der Waals surface area contributed by atoms with Crippen molar-refractivity contribution < 1.29 is 23.1 Å². The number of anilines is 1. The predicted octanol–water partition coefficient (Wildman–Crippen LogP) is 4.10. The largest absolute Gasteiger partial charge is 0.487 e. The van der Waals surface area contributed by atoms with Crippen molar-refractivity contribution in [3.63, 3.8) is 0 Å². The van der Waals surface area contributed by atoms with E-state index in [-0.39, 0.29) is 17.9 Å². The van der Waals surface area contributed by atoms with Crippen LogP contribution in [0.15, 0.2) is 30.5 Å². The van der Waals surface area contributed by atoms with Crippen LogP contribution in [0.1, 0.15) is 53.9 Å². The Morgan fingerprint density at radius 3 is 2.69 bits per heavy atom. The van der Waals surface area contributed by atoms with E-state index in [1.54, 1.807) is 30.0 Å². The minimum Gasteiger partial charge on any atom is -0.487 e. The molecule has 1 unspecified atom stereocenters. The maximum Gasteiger partial charge on any atom is 0.278 e. The molecule has 0 radical (unpaired) electrons. The number of nitrogens with one attached hydrogen (secondary N) is 1. The molecular weight excluding hydrogens is 380 g/mol. The molecule has 0 aliphatic carbocycles. The van der Waals surface area contributed by atoms with Gasteiger partial charge >= 0.3 is 0 Å². The van der Waals surface area contributed by atoms with Gasteiger partial charge in [-0.1, -0.05) is 12.1 Å². The highest BCUT2D eigenvalue weighted by Gasteiger charge is 2.36.